The van der Waals surface area contributed by atoms with E-state index in [1.807, 2.05) is 0 Å². The molecule has 3 aliphatic heterocycles. The molecule has 11 aromatic rings. The molecule has 0 unspecified atom stereocenters. The van der Waals surface area contributed by atoms with Gasteiger partial charge in [0.2, 0.25) is 0 Å². The molecular weight excluding hydrogens is 796 g/mol. The van der Waals surface area contributed by atoms with E-state index >= 15 is 0 Å². The summed E-state index contributed by atoms with van der Waals surface area (Å²) in [5.74, 6) is 0. The van der Waals surface area contributed by atoms with E-state index in [0.717, 1.165) is 0 Å². The minimum Gasteiger partial charge on any atom is -0.315 e. The lowest BCUT2D eigenvalue weighted by atomic mass is 9.33. The van der Waals surface area contributed by atoms with E-state index < -0.39 is 5.41 Å². The normalized spacial score (nSPS) is 14.6. The maximum Gasteiger partial charge on any atom is 0.252 e. The number of benzene rings is 9. The van der Waals surface area contributed by atoms with Crippen LogP contribution in [0.3, 0.4) is 0 Å². The van der Waals surface area contributed by atoms with Gasteiger partial charge in [-0.25, -0.2) is 0 Å². The number of fused-ring (bicyclic) bond motifs is 13. The van der Waals surface area contributed by atoms with Gasteiger partial charge in [-0.3, -0.25) is 0 Å². The Kier molecular flexibility index (Phi) is 6.77. The molecule has 0 saturated carbocycles. The van der Waals surface area contributed by atoms with E-state index in [-0.39, 0.29) is 17.5 Å². The molecule has 1 spiro atoms. The summed E-state index contributed by atoms with van der Waals surface area (Å²) in [6.45, 7) is 14.4. The van der Waals surface area contributed by atoms with Gasteiger partial charge in [0.25, 0.3) is 6.71 Å². The van der Waals surface area contributed by atoms with Crippen molar-refractivity contribution in [3.05, 3.63) is 232 Å². The molecule has 4 aliphatic rings. The van der Waals surface area contributed by atoms with Crippen LogP contribution >= 0.6 is 0 Å². The Morgan fingerprint density at radius 1 is 0.439 bits per heavy atom. The quantitative estimate of drug-likeness (QED) is 0.156. The van der Waals surface area contributed by atoms with Crippen LogP contribution in [0.15, 0.2) is 176 Å². The van der Waals surface area contributed by atoms with Crippen LogP contribution in [0, 0.1) is 13.8 Å². The average molecular weight is 843 g/mol. The highest BCUT2D eigenvalue weighted by atomic mass is 15.1. The molecule has 0 amide bonds. The Labute approximate surface area is 385 Å². The minimum absolute atomic E-state index is 0.0137. The summed E-state index contributed by atoms with van der Waals surface area (Å²) in [4.78, 5) is 0. The molecule has 5 heterocycles. The van der Waals surface area contributed by atoms with Crippen molar-refractivity contribution >= 4 is 66.6 Å². The standard InChI is InChI=1S/C63H47BN2/c1-36-37(2)65-54-30-29-50-59-56(54)64(52-31-38-19-13-14-24-43(38)55(36)60(52)65)53-35-42(62(5,6)40-22-11-8-12-23-40)33-47-46-32-41(61(3,4)39-20-9-7-10-21-39)34-51(57(46)66(59)58(47)53)63(50)48-27-17-15-25-44(48)45-26-16-18-28-49(45)63/h7-35H,1-6H3. The van der Waals surface area contributed by atoms with Crippen LogP contribution in [0.1, 0.15) is 83.5 Å². The zero-order valence-electron chi connectivity index (χ0n) is 38.2. The van der Waals surface area contributed by atoms with Crippen LogP contribution in [-0.4, -0.2) is 15.8 Å². The zero-order valence-corrected chi connectivity index (χ0v) is 38.2. The summed E-state index contributed by atoms with van der Waals surface area (Å²) >= 11 is 0. The molecule has 15 rings (SSSR count). The maximum absolute atomic E-state index is 2.77. The van der Waals surface area contributed by atoms with Crippen molar-refractivity contribution in [2.24, 2.45) is 0 Å². The van der Waals surface area contributed by atoms with Gasteiger partial charge in [0.1, 0.15) is 0 Å². The number of rotatable bonds is 4. The fraction of sp³-hybridized carbons (Fsp3) is 0.143. The van der Waals surface area contributed by atoms with E-state index in [4.69, 9.17) is 0 Å². The number of aromatic nitrogens is 2. The second-order valence-electron chi connectivity index (χ2n) is 20.8. The van der Waals surface area contributed by atoms with Crippen LogP contribution in [0.4, 0.5) is 0 Å². The van der Waals surface area contributed by atoms with Crippen LogP contribution < -0.4 is 16.4 Å². The van der Waals surface area contributed by atoms with Crippen molar-refractivity contribution in [3.63, 3.8) is 0 Å². The van der Waals surface area contributed by atoms with Crippen LogP contribution in [0.25, 0.3) is 66.0 Å². The Hall–Kier alpha value is -7.36. The molecule has 0 bridgehead atoms. The third kappa shape index (κ3) is 4.11. The average Bonchev–Trinajstić information content (AvgIpc) is 3.95. The highest BCUT2D eigenvalue weighted by Gasteiger charge is 2.55. The maximum atomic E-state index is 2.77. The Morgan fingerprint density at radius 2 is 1.00 bits per heavy atom. The second-order valence-corrected chi connectivity index (χ2v) is 20.8. The zero-order chi connectivity index (χ0) is 44.2. The molecule has 2 nitrogen and oxygen atoms in total. The van der Waals surface area contributed by atoms with E-state index in [2.05, 4.69) is 227 Å². The van der Waals surface area contributed by atoms with Gasteiger partial charge < -0.3 is 9.13 Å². The SMILES string of the molecule is Cc1c(C)n2c3c(cc4ccccc4c13)B1c3c-2ccc2c3-n3c4c1cc(C(C)(C)c1ccccc1)cc4c1cc(C(C)(C)c4ccccc4)cc(c13)C21c2ccccc2-c2ccccc21. The van der Waals surface area contributed by atoms with E-state index in [1.165, 1.54) is 138 Å². The molecule has 1 aliphatic carbocycles. The van der Waals surface area contributed by atoms with Crippen molar-refractivity contribution in [1.82, 2.24) is 9.13 Å². The number of hydrogen-bond donors (Lipinski definition) is 0. The van der Waals surface area contributed by atoms with Gasteiger partial charge in [-0.1, -0.05) is 185 Å². The Morgan fingerprint density at radius 3 is 1.67 bits per heavy atom. The lowest BCUT2D eigenvalue weighted by Crippen LogP contribution is -2.60. The predicted molar refractivity (Wildman–Crippen MR) is 277 cm³/mol. The number of nitrogens with zero attached hydrogens (tertiary/aromatic N) is 2. The first-order valence-electron chi connectivity index (χ1n) is 23.8. The Bertz CT molecular complexity index is 3960. The summed E-state index contributed by atoms with van der Waals surface area (Å²) in [6, 6.07) is 68.1. The summed E-state index contributed by atoms with van der Waals surface area (Å²) in [5.41, 5.74) is 26.1. The fourth-order valence-electron chi connectivity index (χ4n) is 13.9. The fourth-order valence-corrected chi connectivity index (χ4v) is 13.9. The van der Waals surface area contributed by atoms with Crippen molar-refractivity contribution < 1.29 is 0 Å². The number of hydrogen-bond acceptors (Lipinski definition) is 0. The molecule has 0 N–H and O–H groups in total. The first kappa shape index (κ1) is 36.9. The lowest BCUT2D eigenvalue weighted by molar-refractivity contribution is 0.637. The minimum atomic E-state index is -0.558. The summed E-state index contributed by atoms with van der Waals surface area (Å²) in [6.07, 6.45) is 0. The first-order valence-corrected chi connectivity index (χ1v) is 23.8. The molecule has 0 atom stereocenters. The first-order chi connectivity index (χ1) is 32.1. The van der Waals surface area contributed by atoms with Gasteiger partial charge in [-0.2, -0.15) is 0 Å². The van der Waals surface area contributed by atoms with Crippen molar-refractivity contribution in [1.29, 1.82) is 0 Å². The van der Waals surface area contributed by atoms with Gasteiger partial charge in [0.15, 0.2) is 0 Å². The molecule has 312 valence electrons. The van der Waals surface area contributed by atoms with Crippen molar-refractivity contribution in [2.75, 3.05) is 0 Å². The lowest BCUT2D eigenvalue weighted by Gasteiger charge is -2.44. The van der Waals surface area contributed by atoms with E-state index in [1.54, 1.807) is 0 Å². The smallest absolute Gasteiger partial charge is 0.252 e. The highest BCUT2D eigenvalue weighted by Crippen LogP contribution is 2.62. The van der Waals surface area contributed by atoms with Gasteiger partial charge >= 0.3 is 0 Å². The largest absolute Gasteiger partial charge is 0.315 e. The van der Waals surface area contributed by atoms with Crippen molar-refractivity contribution in [3.8, 4) is 22.5 Å². The molecule has 2 aromatic heterocycles. The number of aryl methyl sites for hydroxylation is 1. The second kappa shape index (κ2) is 12.1. The van der Waals surface area contributed by atoms with Gasteiger partial charge in [0, 0.05) is 55.1 Å². The summed E-state index contributed by atoms with van der Waals surface area (Å²) < 4.78 is 5.41. The Balaban J connectivity index is 1.20. The van der Waals surface area contributed by atoms with E-state index in [9.17, 15) is 0 Å². The third-order valence-corrected chi connectivity index (χ3v) is 17.3. The van der Waals surface area contributed by atoms with Crippen molar-refractivity contribution in [2.45, 2.75) is 57.8 Å². The highest BCUT2D eigenvalue weighted by molar-refractivity contribution is 7.00. The van der Waals surface area contributed by atoms with Gasteiger partial charge in [-0.15, -0.1) is 0 Å². The van der Waals surface area contributed by atoms with Gasteiger partial charge in [0.05, 0.1) is 10.9 Å². The molecule has 0 radical (unpaired) electrons. The van der Waals surface area contributed by atoms with Crippen LogP contribution in [-0.2, 0) is 16.2 Å². The third-order valence-electron chi connectivity index (χ3n) is 17.3. The van der Waals surface area contributed by atoms with Gasteiger partial charge in [-0.05, 0) is 120 Å². The summed E-state index contributed by atoms with van der Waals surface area (Å²) in [7, 11) is 0. The summed E-state index contributed by atoms with van der Waals surface area (Å²) in [5, 5.41) is 6.71. The monoisotopic (exact) mass is 842 g/mol. The molecule has 0 saturated heterocycles. The molecule has 66 heavy (non-hydrogen) atoms. The molecule has 3 heteroatoms. The predicted octanol–water partition coefficient (Wildman–Crippen LogP) is 13.0. The van der Waals surface area contributed by atoms with E-state index in [0.29, 0.717) is 0 Å². The van der Waals surface area contributed by atoms with Crippen LogP contribution in [0.5, 0.6) is 0 Å². The van der Waals surface area contributed by atoms with Crippen LogP contribution in [0.2, 0.25) is 0 Å². The molecule has 9 aromatic carbocycles. The molecule has 0 fully saturated rings. The molecular formula is C63H47BN2. The topological polar surface area (TPSA) is 9.86 Å².